The molecule has 0 fully saturated rings. The lowest BCUT2D eigenvalue weighted by molar-refractivity contribution is -0.111. The van der Waals surface area contributed by atoms with Crippen molar-refractivity contribution >= 4 is 23.4 Å². The monoisotopic (exact) mass is 336 g/mol. The molecule has 0 spiro atoms. The molecule has 2 aromatic rings. The van der Waals surface area contributed by atoms with Crippen molar-refractivity contribution < 1.29 is 9.53 Å². The lowest BCUT2D eigenvalue weighted by Gasteiger charge is -2.21. The second-order valence-corrected chi connectivity index (χ2v) is 6.01. The molecule has 0 radical (unpaired) electrons. The van der Waals surface area contributed by atoms with Crippen molar-refractivity contribution in [2.75, 3.05) is 29.9 Å². The van der Waals surface area contributed by atoms with E-state index < -0.39 is 0 Å². The van der Waals surface area contributed by atoms with Crippen LogP contribution in [0, 0.1) is 0 Å². The molecule has 0 saturated carbocycles. The zero-order valence-electron chi connectivity index (χ0n) is 14.8. The fourth-order valence-corrected chi connectivity index (χ4v) is 3.01. The standard InChI is InChI=1S/C21H24N2O2/c1-3-23(4-2)19-9-7-18(8-10-19)22-21(24)12-6-16-5-11-20-17(15-16)13-14-25-20/h5-12,15H,3-4,13-14H2,1-2H3,(H,22,24). The normalized spacial score (nSPS) is 12.7. The molecule has 0 atom stereocenters. The molecule has 0 aromatic heterocycles. The van der Waals surface area contributed by atoms with Gasteiger partial charge in [-0.15, -0.1) is 0 Å². The Morgan fingerprint density at radius 2 is 1.92 bits per heavy atom. The van der Waals surface area contributed by atoms with Gasteiger partial charge in [0.05, 0.1) is 6.61 Å². The average molecular weight is 336 g/mol. The van der Waals surface area contributed by atoms with E-state index in [4.69, 9.17) is 4.74 Å². The van der Waals surface area contributed by atoms with Crippen LogP contribution in [0.25, 0.3) is 6.08 Å². The Bertz CT molecular complexity index is 762. The number of hydrogen-bond donors (Lipinski definition) is 1. The summed E-state index contributed by atoms with van der Waals surface area (Å²) in [5.41, 5.74) is 4.18. The van der Waals surface area contributed by atoms with Gasteiger partial charge in [0.1, 0.15) is 5.75 Å². The lowest BCUT2D eigenvalue weighted by atomic mass is 10.1. The number of benzene rings is 2. The number of ether oxygens (including phenoxy) is 1. The molecule has 0 unspecified atom stereocenters. The number of amides is 1. The van der Waals surface area contributed by atoms with E-state index in [-0.39, 0.29) is 5.91 Å². The molecule has 0 aliphatic carbocycles. The molecule has 0 bridgehead atoms. The summed E-state index contributed by atoms with van der Waals surface area (Å²) < 4.78 is 5.49. The summed E-state index contributed by atoms with van der Waals surface area (Å²) in [6, 6.07) is 13.9. The van der Waals surface area contributed by atoms with Gasteiger partial charge in [-0.1, -0.05) is 6.07 Å². The topological polar surface area (TPSA) is 41.6 Å². The average Bonchev–Trinajstić information content (AvgIpc) is 3.10. The lowest BCUT2D eigenvalue weighted by Crippen LogP contribution is -2.21. The van der Waals surface area contributed by atoms with E-state index in [1.54, 1.807) is 6.08 Å². The highest BCUT2D eigenvalue weighted by Crippen LogP contribution is 2.26. The van der Waals surface area contributed by atoms with E-state index in [0.29, 0.717) is 0 Å². The van der Waals surface area contributed by atoms with Crippen molar-refractivity contribution in [3.8, 4) is 5.75 Å². The number of anilines is 2. The third-order valence-corrected chi connectivity index (χ3v) is 4.40. The molecule has 0 saturated heterocycles. The summed E-state index contributed by atoms with van der Waals surface area (Å²) in [4.78, 5) is 14.4. The van der Waals surface area contributed by atoms with Crippen molar-refractivity contribution in [2.45, 2.75) is 20.3 Å². The number of carbonyl (C=O) groups excluding carboxylic acids is 1. The Hall–Kier alpha value is -2.75. The van der Waals surface area contributed by atoms with Crippen LogP contribution < -0.4 is 15.0 Å². The first-order valence-electron chi connectivity index (χ1n) is 8.79. The minimum atomic E-state index is -0.132. The van der Waals surface area contributed by atoms with Crippen LogP contribution >= 0.6 is 0 Å². The number of nitrogens with zero attached hydrogens (tertiary/aromatic N) is 1. The van der Waals surface area contributed by atoms with E-state index >= 15 is 0 Å². The minimum absolute atomic E-state index is 0.132. The molecule has 25 heavy (non-hydrogen) atoms. The minimum Gasteiger partial charge on any atom is -0.493 e. The molecule has 1 amide bonds. The first kappa shape index (κ1) is 17.1. The molecule has 1 heterocycles. The molecule has 1 N–H and O–H groups in total. The quantitative estimate of drug-likeness (QED) is 0.807. The van der Waals surface area contributed by atoms with Crippen molar-refractivity contribution in [1.82, 2.24) is 0 Å². The maximum absolute atomic E-state index is 12.1. The van der Waals surface area contributed by atoms with Crippen LogP contribution in [0.4, 0.5) is 11.4 Å². The smallest absolute Gasteiger partial charge is 0.248 e. The highest BCUT2D eigenvalue weighted by Gasteiger charge is 2.11. The largest absolute Gasteiger partial charge is 0.493 e. The first-order chi connectivity index (χ1) is 12.2. The molecule has 4 heteroatoms. The van der Waals surface area contributed by atoms with Gasteiger partial charge < -0.3 is 15.0 Å². The summed E-state index contributed by atoms with van der Waals surface area (Å²) in [5, 5.41) is 2.90. The molecule has 4 nitrogen and oxygen atoms in total. The fourth-order valence-electron chi connectivity index (χ4n) is 3.01. The zero-order valence-corrected chi connectivity index (χ0v) is 14.8. The Morgan fingerprint density at radius 3 is 2.64 bits per heavy atom. The van der Waals surface area contributed by atoms with Crippen molar-refractivity contribution in [3.63, 3.8) is 0 Å². The summed E-state index contributed by atoms with van der Waals surface area (Å²) in [7, 11) is 0. The molecule has 3 rings (SSSR count). The van der Waals surface area contributed by atoms with Crippen molar-refractivity contribution in [2.24, 2.45) is 0 Å². The third kappa shape index (κ3) is 4.21. The number of rotatable bonds is 6. The number of fused-ring (bicyclic) bond motifs is 1. The highest BCUT2D eigenvalue weighted by atomic mass is 16.5. The molecule has 2 aromatic carbocycles. The molecule has 1 aliphatic heterocycles. The zero-order chi connectivity index (χ0) is 17.6. The van der Waals surface area contributed by atoms with Gasteiger partial charge in [0.2, 0.25) is 5.91 Å². The fraction of sp³-hybridized carbons (Fsp3) is 0.286. The van der Waals surface area contributed by atoms with Crippen LogP contribution in [0.1, 0.15) is 25.0 Å². The van der Waals surface area contributed by atoms with Gasteiger partial charge in [-0.25, -0.2) is 0 Å². The predicted octanol–water partition coefficient (Wildman–Crippen LogP) is 4.12. The van der Waals surface area contributed by atoms with Crippen molar-refractivity contribution in [1.29, 1.82) is 0 Å². The van der Waals surface area contributed by atoms with E-state index in [9.17, 15) is 4.79 Å². The van der Waals surface area contributed by atoms with E-state index in [1.807, 2.05) is 42.5 Å². The Kier molecular flexibility index (Phi) is 5.39. The van der Waals surface area contributed by atoms with Gasteiger partial charge >= 0.3 is 0 Å². The van der Waals surface area contributed by atoms with E-state index in [0.717, 1.165) is 43.1 Å². The van der Waals surface area contributed by atoms with Crippen LogP contribution in [-0.4, -0.2) is 25.6 Å². The van der Waals surface area contributed by atoms with Crippen LogP contribution in [0.15, 0.2) is 48.5 Å². The molecular formula is C21H24N2O2. The van der Waals surface area contributed by atoms with Gasteiger partial charge in [0.15, 0.2) is 0 Å². The van der Waals surface area contributed by atoms with Gasteiger partial charge in [0, 0.05) is 37.0 Å². The summed E-state index contributed by atoms with van der Waals surface area (Å²) >= 11 is 0. The summed E-state index contributed by atoms with van der Waals surface area (Å²) in [6.45, 7) is 6.95. The SMILES string of the molecule is CCN(CC)c1ccc(NC(=O)C=Cc2ccc3c(c2)CCO3)cc1. The molecular weight excluding hydrogens is 312 g/mol. The highest BCUT2D eigenvalue weighted by molar-refractivity contribution is 6.02. The van der Waals surface area contributed by atoms with Gasteiger partial charge in [-0.05, 0) is 67.4 Å². The van der Waals surface area contributed by atoms with Crippen LogP contribution in [0.2, 0.25) is 0 Å². The Morgan fingerprint density at radius 1 is 1.16 bits per heavy atom. The maximum Gasteiger partial charge on any atom is 0.248 e. The van der Waals surface area contributed by atoms with Gasteiger partial charge in [-0.3, -0.25) is 4.79 Å². The number of carbonyl (C=O) groups is 1. The third-order valence-electron chi connectivity index (χ3n) is 4.40. The van der Waals surface area contributed by atoms with E-state index in [1.165, 1.54) is 11.3 Å². The maximum atomic E-state index is 12.1. The predicted molar refractivity (Wildman–Crippen MR) is 103 cm³/mol. The van der Waals surface area contributed by atoms with Gasteiger partial charge in [0.25, 0.3) is 0 Å². The van der Waals surface area contributed by atoms with Gasteiger partial charge in [-0.2, -0.15) is 0 Å². The molecule has 130 valence electrons. The van der Waals surface area contributed by atoms with Crippen LogP contribution in [-0.2, 0) is 11.2 Å². The Labute approximate surface area is 149 Å². The number of hydrogen-bond acceptors (Lipinski definition) is 3. The number of nitrogens with one attached hydrogen (secondary N) is 1. The van der Waals surface area contributed by atoms with Crippen LogP contribution in [0.5, 0.6) is 5.75 Å². The second-order valence-electron chi connectivity index (χ2n) is 6.01. The molecule has 1 aliphatic rings. The Balaban J connectivity index is 1.60. The first-order valence-corrected chi connectivity index (χ1v) is 8.79. The van der Waals surface area contributed by atoms with E-state index in [2.05, 4.69) is 30.1 Å². The second kappa shape index (κ2) is 7.88. The van der Waals surface area contributed by atoms with Crippen molar-refractivity contribution in [3.05, 3.63) is 59.7 Å². The van der Waals surface area contributed by atoms with Crippen LogP contribution in [0.3, 0.4) is 0 Å². The summed E-state index contributed by atoms with van der Waals surface area (Å²) in [6.07, 6.45) is 4.33. The summed E-state index contributed by atoms with van der Waals surface area (Å²) in [5.74, 6) is 0.822.